The summed E-state index contributed by atoms with van der Waals surface area (Å²) in [5, 5.41) is 9.84. The van der Waals surface area contributed by atoms with Gasteiger partial charge in [-0.1, -0.05) is 0 Å². The van der Waals surface area contributed by atoms with Crippen LogP contribution in [0.15, 0.2) is 18.3 Å². The van der Waals surface area contributed by atoms with Crippen LogP contribution in [-0.4, -0.2) is 64.1 Å². The maximum atomic E-state index is 12.5. The lowest BCUT2D eigenvalue weighted by molar-refractivity contribution is 0.0179. The number of amides is 1. The summed E-state index contributed by atoms with van der Waals surface area (Å²) in [7, 11) is 0. The van der Waals surface area contributed by atoms with Crippen molar-refractivity contribution >= 4 is 11.7 Å². The highest BCUT2D eigenvalue weighted by Crippen LogP contribution is 2.15. The fraction of sp³-hybridized carbons (Fsp3) is 0.571. The number of anilines is 1. The number of nitrogen functional groups attached to an aromatic ring is 1. The average Bonchev–Trinajstić information content (AvgIpc) is 2.45. The van der Waals surface area contributed by atoms with Crippen LogP contribution in [0.4, 0.5) is 5.82 Å². The first kappa shape index (κ1) is 15.7. The van der Waals surface area contributed by atoms with Crippen LogP contribution >= 0.6 is 0 Å². The lowest BCUT2D eigenvalue weighted by atomic mass is 10.1. The predicted molar refractivity (Wildman–Crippen MR) is 80.7 cm³/mol. The maximum absolute atomic E-state index is 12.5. The number of carbonyl (C=O) groups is 1. The fourth-order valence-electron chi connectivity index (χ4n) is 2.52. The highest BCUT2D eigenvalue weighted by Gasteiger charge is 2.26. The van der Waals surface area contributed by atoms with Crippen LogP contribution in [0.3, 0.4) is 0 Å². The number of hydrogen-bond acceptors (Lipinski definition) is 6. The van der Waals surface area contributed by atoms with E-state index in [1.807, 2.05) is 0 Å². The molecule has 4 N–H and O–H groups in total. The van der Waals surface area contributed by atoms with Gasteiger partial charge < -0.3 is 15.4 Å². The van der Waals surface area contributed by atoms with Crippen molar-refractivity contribution in [1.82, 2.24) is 14.8 Å². The van der Waals surface area contributed by atoms with Crippen molar-refractivity contribution in [2.75, 3.05) is 38.1 Å². The maximum Gasteiger partial charge on any atom is 0.257 e. The number of piperazine rings is 1. The molecular weight excluding hydrogens is 270 g/mol. The van der Waals surface area contributed by atoms with Crippen LogP contribution in [0.5, 0.6) is 0 Å². The zero-order valence-electron chi connectivity index (χ0n) is 12.5. The molecule has 0 atom stereocenters. The Labute approximate surface area is 124 Å². The molecule has 1 aliphatic rings. The first-order valence-corrected chi connectivity index (χ1v) is 7.06. The van der Waals surface area contributed by atoms with E-state index >= 15 is 0 Å². The Balaban J connectivity index is 1.97. The van der Waals surface area contributed by atoms with Crippen molar-refractivity contribution in [2.45, 2.75) is 19.4 Å². The van der Waals surface area contributed by atoms with Crippen molar-refractivity contribution in [3.8, 4) is 0 Å². The third kappa shape index (κ3) is 4.13. The second kappa shape index (κ2) is 6.38. The molecule has 0 bridgehead atoms. The second-order valence-corrected chi connectivity index (χ2v) is 5.92. The van der Waals surface area contributed by atoms with E-state index in [2.05, 4.69) is 15.3 Å². The highest BCUT2D eigenvalue weighted by molar-refractivity contribution is 5.98. The number of hydrogen-bond donors (Lipinski definition) is 3. The van der Waals surface area contributed by atoms with Crippen molar-refractivity contribution in [1.29, 1.82) is 0 Å². The molecule has 0 aliphatic carbocycles. The fourth-order valence-corrected chi connectivity index (χ4v) is 2.52. The molecule has 7 heteroatoms. The van der Waals surface area contributed by atoms with E-state index in [0.717, 1.165) is 13.1 Å². The Kier molecular flexibility index (Phi) is 4.76. The van der Waals surface area contributed by atoms with E-state index < -0.39 is 5.60 Å². The standard InChI is InChI=1S/C14H23N5O2/c1-14(2,21)10-18-6-8-19(9-7-18)13(20)11-4-3-5-16-12(11)17-15/h3-5,21H,6-10,15H2,1-2H3,(H,16,17). The van der Waals surface area contributed by atoms with Crippen molar-refractivity contribution in [2.24, 2.45) is 5.84 Å². The molecule has 1 aliphatic heterocycles. The Morgan fingerprint density at radius 2 is 2.10 bits per heavy atom. The summed E-state index contributed by atoms with van der Waals surface area (Å²) in [6.45, 7) is 6.96. The monoisotopic (exact) mass is 293 g/mol. The third-order valence-electron chi connectivity index (χ3n) is 3.44. The Morgan fingerprint density at radius 3 is 2.67 bits per heavy atom. The molecule has 1 fully saturated rings. The second-order valence-electron chi connectivity index (χ2n) is 5.92. The SMILES string of the molecule is CC(C)(O)CN1CCN(C(=O)c2cccnc2NN)CC1. The van der Waals surface area contributed by atoms with Crippen LogP contribution in [0.2, 0.25) is 0 Å². The van der Waals surface area contributed by atoms with Gasteiger partial charge in [-0.05, 0) is 26.0 Å². The van der Waals surface area contributed by atoms with E-state index in [1.54, 1.807) is 37.1 Å². The van der Waals surface area contributed by atoms with E-state index in [1.165, 1.54) is 0 Å². The molecule has 2 heterocycles. The first-order valence-electron chi connectivity index (χ1n) is 7.06. The van der Waals surface area contributed by atoms with Gasteiger partial charge in [0.2, 0.25) is 0 Å². The number of aliphatic hydroxyl groups is 1. The summed E-state index contributed by atoms with van der Waals surface area (Å²) >= 11 is 0. The summed E-state index contributed by atoms with van der Waals surface area (Å²) in [6, 6.07) is 3.44. The van der Waals surface area contributed by atoms with E-state index in [9.17, 15) is 9.90 Å². The van der Waals surface area contributed by atoms with Gasteiger partial charge >= 0.3 is 0 Å². The van der Waals surface area contributed by atoms with Crippen molar-refractivity contribution in [3.63, 3.8) is 0 Å². The summed E-state index contributed by atoms with van der Waals surface area (Å²) in [4.78, 5) is 20.5. The number of aromatic nitrogens is 1. The van der Waals surface area contributed by atoms with Gasteiger partial charge in [-0.25, -0.2) is 10.8 Å². The van der Waals surface area contributed by atoms with Gasteiger partial charge in [-0.2, -0.15) is 0 Å². The average molecular weight is 293 g/mol. The minimum Gasteiger partial charge on any atom is -0.389 e. The van der Waals surface area contributed by atoms with Crippen molar-refractivity contribution < 1.29 is 9.90 Å². The smallest absolute Gasteiger partial charge is 0.257 e. The molecule has 1 aromatic heterocycles. The topological polar surface area (TPSA) is 94.7 Å². The molecular formula is C14H23N5O2. The predicted octanol–water partition coefficient (Wildman–Crippen LogP) is -0.104. The summed E-state index contributed by atoms with van der Waals surface area (Å²) in [5.74, 6) is 5.71. The van der Waals surface area contributed by atoms with Crippen LogP contribution < -0.4 is 11.3 Å². The molecule has 116 valence electrons. The number of hydrazine groups is 1. The van der Waals surface area contributed by atoms with Gasteiger partial charge in [-0.3, -0.25) is 9.69 Å². The quantitative estimate of drug-likeness (QED) is 0.530. The molecule has 0 spiro atoms. The molecule has 1 amide bonds. The van der Waals surface area contributed by atoms with E-state index in [-0.39, 0.29) is 5.91 Å². The number of β-amino-alcohol motifs (C(OH)–C–C–N with tert-alkyl or cyclic N) is 1. The van der Waals surface area contributed by atoms with E-state index in [0.29, 0.717) is 31.0 Å². The van der Waals surface area contributed by atoms with Gasteiger partial charge in [0.05, 0.1) is 11.2 Å². The number of carbonyl (C=O) groups excluding carboxylic acids is 1. The molecule has 0 saturated carbocycles. The van der Waals surface area contributed by atoms with Crippen LogP contribution in [-0.2, 0) is 0 Å². The lowest BCUT2D eigenvalue weighted by Crippen LogP contribution is -2.52. The number of pyridine rings is 1. The molecule has 1 saturated heterocycles. The molecule has 2 rings (SSSR count). The molecule has 0 unspecified atom stereocenters. The van der Waals surface area contributed by atoms with Gasteiger partial charge in [-0.15, -0.1) is 0 Å². The third-order valence-corrected chi connectivity index (χ3v) is 3.44. The van der Waals surface area contributed by atoms with Gasteiger partial charge in [0.25, 0.3) is 5.91 Å². The van der Waals surface area contributed by atoms with E-state index in [4.69, 9.17) is 5.84 Å². The van der Waals surface area contributed by atoms with Gasteiger partial charge in [0.15, 0.2) is 5.82 Å². The normalized spacial score (nSPS) is 16.9. The molecule has 7 nitrogen and oxygen atoms in total. The first-order chi connectivity index (χ1) is 9.90. The number of rotatable bonds is 4. The Hall–Kier alpha value is -1.70. The molecule has 1 aromatic rings. The summed E-state index contributed by atoms with van der Waals surface area (Å²) in [5.41, 5.74) is 2.22. The summed E-state index contributed by atoms with van der Waals surface area (Å²) < 4.78 is 0. The number of nitrogens with two attached hydrogens (primary N) is 1. The van der Waals surface area contributed by atoms with Crippen LogP contribution in [0.1, 0.15) is 24.2 Å². The van der Waals surface area contributed by atoms with Crippen molar-refractivity contribution in [3.05, 3.63) is 23.9 Å². The molecule has 21 heavy (non-hydrogen) atoms. The number of nitrogens with one attached hydrogen (secondary N) is 1. The lowest BCUT2D eigenvalue weighted by Gasteiger charge is -2.37. The van der Waals surface area contributed by atoms with Crippen LogP contribution in [0, 0.1) is 0 Å². The zero-order valence-corrected chi connectivity index (χ0v) is 12.5. The van der Waals surface area contributed by atoms with Gasteiger partial charge in [0, 0.05) is 38.9 Å². The molecule has 0 aromatic carbocycles. The minimum absolute atomic E-state index is 0.0704. The number of nitrogens with zero attached hydrogens (tertiary/aromatic N) is 3. The molecule has 0 radical (unpaired) electrons. The largest absolute Gasteiger partial charge is 0.389 e. The Bertz CT molecular complexity index is 492. The van der Waals surface area contributed by atoms with Crippen LogP contribution in [0.25, 0.3) is 0 Å². The Morgan fingerprint density at radius 1 is 1.43 bits per heavy atom. The minimum atomic E-state index is -0.716. The zero-order chi connectivity index (χ0) is 15.5. The summed E-state index contributed by atoms with van der Waals surface area (Å²) in [6.07, 6.45) is 1.59. The van der Waals surface area contributed by atoms with Gasteiger partial charge in [0.1, 0.15) is 0 Å². The highest BCUT2D eigenvalue weighted by atomic mass is 16.3.